The number of nitrogens with zero attached hydrogens (tertiary/aromatic N) is 4. The van der Waals surface area contributed by atoms with Crippen LogP contribution in [-0.2, 0) is 11.3 Å². The molecule has 3 aromatic heterocycles. The van der Waals surface area contributed by atoms with Gasteiger partial charge in [-0.25, -0.2) is 9.98 Å². The maximum Gasteiger partial charge on any atom is 0.267 e. The molecule has 0 bridgehead atoms. The highest BCUT2D eigenvalue weighted by molar-refractivity contribution is 8.18. The van der Waals surface area contributed by atoms with Gasteiger partial charge in [-0.3, -0.25) is 9.69 Å². The third-order valence-electron chi connectivity index (χ3n) is 5.40. The molecule has 4 heterocycles. The first-order valence-electron chi connectivity index (χ1n) is 10.6. The van der Waals surface area contributed by atoms with Crippen LogP contribution in [-0.4, -0.2) is 25.5 Å². The van der Waals surface area contributed by atoms with Gasteiger partial charge >= 0.3 is 0 Å². The summed E-state index contributed by atoms with van der Waals surface area (Å²) in [7, 11) is 0. The van der Waals surface area contributed by atoms with Crippen molar-refractivity contribution >= 4 is 34.6 Å². The molecule has 0 N–H and O–H groups in total. The molecule has 1 fully saturated rings. The lowest BCUT2D eigenvalue weighted by atomic mass is 10.2. The Morgan fingerprint density at radius 1 is 1.06 bits per heavy atom. The van der Waals surface area contributed by atoms with E-state index in [1.54, 1.807) is 17.4 Å². The highest BCUT2D eigenvalue weighted by atomic mass is 32.2. The largest absolute Gasteiger partial charge is 0.467 e. The average Bonchev–Trinajstić information content (AvgIpc) is 3.51. The maximum absolute atomic E-state index is 13.4. The van der Waals surface area contributed by atoms with Crippen molar-refractivity contribution in [3.8, 4) is 5.82 Å². The molecule has 4 aromatic rings. The van der Waals surface area contributed by atoms with Crippen LogP contribution in [0, 0.1) is 13.8 Å². The fourth-order valence-electron chi connectivity index (χ4n) is 3.82. The van der Waals surface area contributed by atoms with Crippen molar-refractivity contribution in [2.45, 2.75) is 20.4 Å². The van der Waals surface area contributed by atoms with Crippen LogP contribution in [0.25, 0.3) is 11.9 Å². The van der Waals surface area contributed by atoms with E-state index in [-0.39, 0.29) is 5.91 Å². The summed E-state index contributed by atoms with van der Waals surface area (Å²) >= 11 is 1.38. The summed E-state index contributed by atoms with van der Waals surface area (Å²) in [5.74, 6) is 1.47. The van der Waals surface area contributed by atoms with Crippen LogP contribution in [0.2, 0.25) is 0 Å². The van der Waals surface area contributed by atoms with Gasteiger partial charge in [0.25, 0.3) is 5.91 Å². The summed E-state index contributed by atoms with van der Waals surface area (Å²) in [4.78, 5) is 24.9. The molecule has 1 amide bonds. The molecule has 1 aromatic carbocycles. The minimum Gasteiger partial charge on any atom is -0.467 e. The number of amidine groups is 1. The van der Waals surface area contributed by atoms with Crippen molar-refractivity contribution in [2.75, 3.05) is 0 Å². The highest BCUT2D eigenvalue weighted by Gasteiger charge is 2.34. The number of thioether (sulfide) groups is 1. The number of hydrogen-bond acceptors (Lipinski definition) is 5. The van der Waals surface area contributed by atoms with E-state index in [0.29, 0.717) is 22.4 Å². The second-order valence-corrected chi connectivity index (χ2v) is 8.67. The van der Waals surface area contributed by atoms with Crippen molar-refractivity contribution in [1.82, 2.24) is 14.5 Å². The van der Waals surface area contributed by atoms with Crippen molar-refractivity contribution < 1.29 is 9.21 Å². The van der Waals surface area contributed by atoms with Crippen LogP contribution in [0.5, 0.6) is 0 Å². The second kappa shape index (κ2) is 8.96. The van der Waals surface area contributed by atoms with Crippen LogP contribution in [0.3, 0.4) is 0 Å². The first-order valence-corrected chi connectivity index (χ1v) is 11.4. The Labute approximate surface area is 196 Å². The monoisotopic (exact) mass is 454 g/mol. The van der Waals surface area contributed by atoms with Gasteiger partial charge in [-0.05, 0) is 79.7 Å². The zero-order valence-corrected chi connectivity index (χ0v) is 19.1. The number of carbonyl (C=O) groups excluding carboxylic acids is 1. The molecule has 33 heavy (non-hydrogen) atoms. The Morgan fingerprint density at radius 3 is 2.61 bits per heavy atom. The van der Waals surface area contributed by atoms with Gasteiger partial charge in [-0.15, -0.1) is 0 Å². The normalized spacial score (nSPS) is 16.3. The molecule has 0 saturated carbocycles. The minimum atomic E-state index is -0.0891. The summed E-state index contributed by atoms with van der Waals surface area (Å²) in [6.07, 6.45) is 5.33. The standard InChI is InChI=1S/C26H22N4O2S/c1-18-15-20(19(2)30(18)24-12-6-7-13-27-24)16-23-25(31)29(17-22-11-8-14-32-22)26(33-23)28-21-9-4-3-5-10-21/h3-16H,17H2,1-2H3/b23-16-,28-26?. The quantitative estimate of drug-likeness (QED) is 0.353. The second-order valence-electron chi connectivity index (χ2n) is 7.66. The Balaban J connectivity index is 1.52. The van der Waals surface area contributed by atoms with E-state index in [1.807, 2.05) is 80.6 Å². The van der Waals surface area contributed by atoms with Gasteiger partial charge in [0, 0.05) is 17.6 Å². The van der Waals surface area contributed by atoms with Crippen LogP contribution in [0.4, 0.5) is 5.69 Å². The van der Waals surface area contributed by atoms with Gasteiger partial charge in [-0.1, -0.05) is 24.3 Å². The van der Waals surface area contributed by atoms with E-state index in [4.69, 9.17) is 9.41 Å². The molecule has 7 heteroatoms. The number of hydrogen-bond donors (Lipinski definition) is 0. The molecule has 1 saturated heterocycles. The molecule has 0 spiro atoms. The minimum absolute atomic E-state index is 0.0891. The lowest BCUT2D eigenvalue weighted by Gasteiger charge is -2.13. The van der Waals surface area contributed by atoms with Gasteiger partial charge < -0.3 is 8.98 Å². The predicted molar refractivity (Wildman–Crippen MR) is 131 cm³/mol. The van der Waals surface area contributed by atoms with Gasteiger partial charge in [0.2, 0.25) is 0 Å². The molecular formula is C26H22N4O2S. The van der Waals surface area contributed by atoms with Crippen LogP contribution in [0.15, 0.2) is 93.5 Å². The molecule has 0 aliphatic carbocycles. The Hall–Kier alpha value is -3.84. The zero-order valence-electron chi connectivity index (χ0n) is 18.3. The summed E-state index contributed by atoms with van der Waals surface area (Å²) in [5.41, 5.74) is 3.86. The van der Waals surface area contributed by atoms with Gasteiger partial charge in [0.15, 0.2) is 5.17 Å². The maximum atomic E-state index is 13.4. The summed E-state index contributed by atoms with van der Waals surface area (Å²) in [5, 5.41) is 0.632. The van der Waals surface area contributed by atoms with E-state index in [2.05, 4.69) is 15.6 Å². The fraction of sp³-hybridized carbons (Fsp3) is 0.115. The lowest BCUT2D eigenvalue weighted by Crippen LogP contribution is -2.28. The molecule has 164 valence electrons. The van der Waals surface area contributed by atoms with E-state index >= 15 is 0 Å². The number of amides is 1. The smallest absolute Gasteiger partial charge is 0.267 e. The predicted octanol–water partition coefficient (Wildman–Crippen LogP) is 5.89. The van der Waals surface area contributed by atoms with Crippen molar-refractivity contribution in [3.05, 3.63) is 107 Å². The molecule has 0 atom stereocenters. The molecule has 1 aliphatic rings. The third kappa shape index (κ3) is 4.27. The molecule has 0 unspecified atom stereocenters. The number of furan rings is 1. The van der Waals surface area contributed by atoms with Crippen LogP contribution in [0.1, 0.15) is 22.7 Å². The number of benzene rings is 1. The third-order valence-corrected chi connectivity index (χ3v) is 6.40. The van der Waals surface area contributed by atoms with Crippen LogP contribution >= 0.6 is 11.8 Å². The van der Waals surface area contributed by atoms with Crippen molar-refractivity contribution in [3.63, 3.8) is 0 Å². The Kier molecular flexibility index (Phi) is 5.71. The first kappa shape index (κ1) is 21.0. The number of rotatable bonds is 5. The average molecular weight is 455 g/mol. The zero-order chi connectivity index (χ0) is 22.8. The fourth-order valence-corrected chi connectivity index (χ4v) is 4.80. The molecule has 5 rings (SSSR count). The van der Waals surface area contributed by atoms with E-state index in [0.717, 1.165) is 28.5 Å². The van der Waals surface area contributed by atoms with Crippen molar-refractivity contribution in [1.29, 1.82) is 0 Å². The molecule has 1 aliphatic heterocycles. The molecule has 6 nitrogen and oxygen atoms in total. The van der Waals surface area contributed by atoms with Gasteiger partial charge in [0.05, 0.1) is 23.4 Å². The number of pyridine rings is 1. The van der Waals surface area contributed by atoms with E-state index < -0.39 is 0 Å². The lowest BCUT2D eigenvalue weighted by molar-refractivity contribution is -0.122. The number of aryl methyl sites for hydroxylation is 1. The number of aromatic nitrogens is 2. The topological polar surface area (TPSA) is 63.6 Å². The SMILES string of the molecule is Cc1cc(/C=C2\SC(=Nc3ccccc3)N(Cc3ccco3)C2=O)c(C)n1-c1ccccn1. The number of carbonyl (C=O) groups is 1. The van der Waals surface area contributed by atoms with Gasteiger partial charge in [0.1, 0.15) is 11.6 Å². The van der Waals surface area contributed by atoms with Gasteiger partial charge in [-0.2, -0.15) is 0 Å². The highest BCUT2D eigenvalue weighted by Crippen LogP contribution is 2.36. The Bertz CT molecular complexity index is 1340. The molecular weight excluding hydrogens is 432 g/mol. The summed E-state index contributed by atoms with van der Waals surface area (Å²) < 4.78 is 7.59. The summed E-state index contributed by atoms with van der Waals surface area (Å²) in [6.45, 7) is 4.41. The van der Waals surface area contributed by atoms with Crippen molar-refractivity contribution in [2.24, 2.45) is 4.99 Å². The van der Waals surface area contributed by atoms with E-state index in [9.17, 15) is 4.79 Å². The van der Waals surface area contributed by atoms with Crippen LogP contribution < -0.4 is 0 Å². The number of para-hydroxylation sites is 1. The summed E-state index contributed by atoms with van der Waals surface area (Å²) in [6, 6.07) is 21.2. The molecule has 0 radical (unpaired) electrons. The Morgan fingerprint density at radius 2 is 1.88 bits per heavy atom. The number of aliphatic imine (C=N–C) groups is 1. The first-order chi connectivity index (χ1) is 16.1. The van der Waals surface area contributed by atoms with E-state index in [1.165, 1.54) is 11.8 Å².